The Labute approximate surface area is 117 Å². The Hall–Kier alpha value is -1.18. The minimum atomic E-state index is -0.183. The number of nitrogens with zero attached hydrogens (tertiary/aromatic N) is 2. The van der Waals surface area contributed by atoms with E-state index in [0.29, 0.717) is 24.9 Å². The Kier molecular flexibility index (Phi) is 6.75. The molecule has 0 aliphatic rings. The molecule has 0 fully saturated rings. The molecule has 1 heterocycles. The van der Waals surface area contributed by atoms with Gasteiger partial charge in [-0.05, 0) is 20.8 Å². The van der Waals surface area contributed by atoms with Crippen molar-refractivity contribution in [3.63, 3.8) is 0 Å². The number of anilines is 1. The third-order valence-electron chi connectivity index (χ3n) is 2.43. The Morgan fingerprint density at radius 3 is 2.84 bits per heavy atom. The van der Waals surface area contributed by atoms with Crippen LogP contribution >= 0.6 is 11.3 Å². The first-order chi connectivity index (χ1) is 9.04. The minimum absolute atomic E-state index is 0.00767. The highest BCUT2D eigenvalue weighted by Gasteiger charge is 2.17. The van der Waals surface area contributed by atoms with E-state index in [1.165, 1.54) is 11.3 Å². The first kappa shape index (κ1) is 15.9. The molecule has 0 aromatic carbocycles. The molecule has 0 saturated heterocycles. The molecule has 0 unspecified atom stereocenters. The average Bonchev–Trinajstić information content (AvgIpc) is 2.74. The maximum absolute atomic E-state index is 12.1. The van der Waals surface area contributed by atoms with Crippen molar-refractivity contribution in [2.75, 3.05) is 31.7 Å². The molecule has 0 bridgehead atoms. The molecule has 0 atom stereocenters. The number of hydrogen-bond donors (Lipinski definition) is 2. The summed E-state index contributed by atoms with van der Waals surface area (Å²) in [6.45, 7) is 7.00. The molecule has 2 amide bonds. The number of amides is 2. The molecule has 19 heavy (non-hydrogen) atoms. The third kappa shape index (κ3) is 5.54. The highest BCUT2D eigenvalue weighted by atomic mass is 32.1. The number of aromatic nitrogens is 1. The maximum Gasteiger partial charge on any atom is 0.323 e. The maximum atomic E-state index is 12.1. The van der Waals surface area contributed by atoms with E-state index in [0.717, 1.165) is 4.88 Å². The zero-order chi connectivity index (χ0) is 14.3. The number of aryl methyl sites for hydroxylation is 1. The summed E-state index contributed by atoms with van der Waals surface area (Å²) in [5.74, 6) is 0. The summed E-state index contributed by atoms with van der Waals surface area (Å²) in [7, 11) is 0. The van der Waals surface area contributed by atoms with Crippen molar-refractivity contribution in [3.8, 4) is 0 Å². The van der Waals surface area contributed by atoms with Crippen LogP contribution in [0.4, 0.5) is 9.93 Å². The van der Waals surface area contributed by atoms with Gasteiger partial charge >= 0.3 is 6.03 Å². The zero-order valence-corrected chi connectivity index (χ0v) is 12.4. The van der Waals surface area contributed by atoms with Gasteiger partial charge in [-0.25, -0.2) is 9.78 Å². The van der Waals surface area contributed by atoms with Gasteiger partial charge in [0.25, 0.3) is 0 Å². The topological polar surface area (TPSA) is 74.7 Å². The summed E-state index contributed by atoms with van der Waals surface area (Å²) < 4.78 is 5.18. The Bertz CT molecular complexity index is 395. The smallest absolute Gasteiger partial charge is 0.323 e. The predicted octanol–water partition coefficient (Wildman–Crippen LogP) is 1.70. The van der Waals surface area contributed by atoms with Crippen molar-refractivity contribution in [1.29, 1.82) is 0 Å². The van der Waals surface area contributed by atoms with Crippen LogP contribution in [-0.2, 0) is 4.74 Å². The van der Waals surface area contributed by atoms with Crippen LogP contribution < -0.4 is 5.32 Å². The van der Waals surface area contributed by atoms with Gasteiger partial charge in [-0.15, -0.1) is 11.3 Å². The number of aliphatic hydroxyl groups excluding tert-OH is 1. The molecule has 1 aromatic rings. The van der Waals surface area contributed by atoms with Gasteiger partial charge in [0.05, 0.1) is 19.8 Å². The van der Waals surface area contributed by atoms with Crippen molar-refractivity contribution in [2.24, 2.45) is 0 Å². The van der Waals surface area contributed by atoms with Crippen molar-refractivity contribution < 1.29 is 14.6 Å². The van der Waals surface area contributed by atoms with Crippen LogP contribution in [0.15, 0.2) is 6.20 Å². The molecule has 1 aromatic heterocycles. The molecule has 2 N–H and O–H groups in total. The number of aliphatic hydroxyl groups is 1. The molecule has 1 rings (SSSR count). The van der Waals surface area contributed by atoms with E-state index in [2.05, 4.69) is 10.3 Å². The van der Waals surface area contributed by atoms with Crippen LogP contribution in [0.25, 0.3) is 0 Å². The number of nitrogens with one attached hydrogen (secondary N) is 1. The summed E-state index contributed by atoms with van der Waals surface area (Å²) in [5, 5.41) is 12.0. The van der Waals surface area contributed by atoms with Crippen LogP contribution in [0.1, 0.15) is 18.7 Å². The predicted molar refractivity (Wildman–Crippen MR) is 75.6 cm³/mol. The van der Waals surface area contributed by atoms with Gasteiger partial charge in [0.15, 0.2) is 5.13 Å². The standard InChI is InChI=1S/C12H21N3O3S/c1-9(2)15(4-6-18-7-5-16)12(17)14-11-13-8-10(3)19-11/h8-9,16H,4-7H2,1-3H3,(H,13,14,17). The van der Waals surface area contributed by atoms with Gasteiger partial charge in [-0.2, -0.15) is 0 Å². The van der Waals surface area contributed by atoms with Gasteiger partial charge < -0.3 is 14.7 Å². The number of carbonyl (C=O) groups excluding carboxylic acids is 1. The number of ether oxygens (including phenoxy) is 1. The van der Waals surface area contributed by atoms with Crippen molar-refractivity contribution in [3.05, 3.63) is 11.1 Å². The molecule has 0 spiro atoms. The van der Waals surface area contributed by atoms with Gasteiger partial charge in [0, 0.05) is 23.7 Å². The summed E-state index contributed by atoms with van der Waals surface area (Å²) in [5.41, 5.74) is 0. The molecule has 7 heteroatoms. The highest BCUT2D eigenvalue weighted by Crippen LogP contribution is 2.17. The Morgan fingerprint density at radius 2 is 2.32 bits per heavy atom. The zero-order valence-electron chi connectivity index (χ0n) is 11.5. The average molecular weight is 287 g/mol. The van der Waals surface area contributed by atoms with Crippen molar-refractivity contribution in [1.82, 2.24) is 9.88 Å². The summed E-state index contributed by atoms with van der Waals surface area (Å²) >= 11 is 1.44. The van der Waals surface area contributed by atoms with E-state index in [4.69, 9.17) is 9.84 Å². The van der Waals surface area contributed by atoms with Gasteiger partial charge in [0.1, 0.15) is 0 Å². The molecule has 6 nitrogen and oxygen atoms in total. The number of thiazole rings is 1. The molecule has 0 aliphatic carbocycles. The second-order valence-corrected chi connectivity index (χ2v) is 5.56. The lowest BCUT2D eigenvalue weighted by Crippen LogP contribution is -2.42. The molecular weight excluding hydrogens is 266 g/mol. The summed E-state index contributed by atoms with van der Waals surface area (Å²) in [6.07, 6.45) is 1.73. The largest absolute Gasteiger partial charge is 0.394 e. The number of hydrogen-bond acceptors (Lipinski definition) is 5. The van der Waals surface area contributed by atoms with E-state index in [1.54, 1.807) is 11.1 Å². The Balaban J connectivity index is 2.48. The van der Waals surface area contributed by atoms with E-state index < -0.39 is 0 Å². The van der Waals surface area contributed by atoms with Gasteiger partial charge in [0.2, 0.25) is 0 Å². The SMILES string of the molecule is Cc1cnc(NC(=O)N(CCOCCO)C(C)C)s1. The second-order valence-electron chi connectivity index (χ2n) is 4.33. The van der Waals surface area contributed by atoms with Crippen LogP contribution in [-0.4, -0.2) is 53.4 Å². The molecule has 0 aliphatic heterocycles. The van der Waals surface area contributed by atoms with Crippen molar-refractivity contribution >= 4 is 22.5 Å². The monoisotopic (exact) mass is 287 g/mol. The molecular formula is C12H21N3O3S. The van der Waals surface area contributed by atoms with E-state index >= 15 is 0 Å². The second kappa shape index (κ2) is 8.08. The van der Waals surface area contributed by atoms with E-state index in [-0.39, 0.29) is 18.7 Å². The quantitative estimate of drug-likeness (QED) is 0.749. The number of carbonyl (C=O) groups is 1. The van der Waals surface area contributed by atoms with Crippen LogP contribution in [0, 0.1) is 6.92 Å². The molecule has 0 saturated carbocycles. The normalized spacial score (nSPS) is 10.8. The number of urea groups is 1. The van der Waals surface area contributed by atoms with Crippen LogP contribution in [0.2, 0.25) is 0 Å². The van der Waals surface area contributed by atoms with Crippen LogP contribution in [0.3, 0.4) is 0 Å². The summed E-state index contributed by atoms with van der Waals surface area (Å²) in [6, 6.07) is -0.115. The fourth-order valence-corrected chi connectivity index (χ4v) is 2.15. The van der Waals surface area contributed by atoms with E-state index in [1.807, 2.05) is 20.8 Å². The molecule has 108 valence electrons. The summed E-state index contributed by atoms with van der Waals surface area (Å²) in [4.78, 5) is 18.9. The highest BCUT2D eigenvalue weighted by molar-refractivity contribution is 7.15. The fraction of sp³-hybridized carbons (Fsp3) is 0.667. The fourth-order valence-electron chi connectivity index (χ4n) is 1.50. The first-order valence-corrected chi connectivity index (χ1v) is 7.05. The molecule has 0 radical (unpaired) electrons. The minimum Gasteiger partial charge on any atom is -0.394 e. The van der Waals surface area contributed by atoms with Gasteiger partial charge in [-0.3, -0.25) is 5.32 Å². The number of rotatable bonds is 7. The Morgan fingerprint density at radius 1 is 1.58 bits per heavy atom. The lowest BCUT2D eigenvalue weighted by atomic mass is 10.3. The first-order valence-electron chi connectivity index (χ1n) is 6.23. The van der Waals surface area contributed by atoms with Crippen molar-refractivity contribution in [2.45, 2.75) is 26.8 Å². The lowest BCUT2D eigenvalue weighted by molar-refractivity contribution is 0.0757. The lowest BCUT2D eigenvalue weighted by Gasteiger charge is -2.26. The van der Waals surface area contributed by atoms with Crippen LogP contribution in [0.5, 0.6) is 0 Å². The third-order valence-corrected chi connectivity index (χ3v) is 3.26. The van der Waals surface area contributed by atoms with E-state index in [9.17, 15) is 4.79 Å². The van der Waals surface area contributed by atoms with Gasteiger partial charge in [-0.1, -0.05) is 0 Å².